The number of hydrogen-bond donors (Lipinski definition) is 2. The fraction of sp³-hybridized carbons (Fsp3) is 0.682. The first-order chi connectivity index (χ1) is 13.7. The number of ether oxygens (including phenoxy) is 1. The molecule has 156 valence electrons. The normalized spacial score (nSPS) is 19.0. The summed E-state index contributed by atoms with van der Waals surface area (Å²) in [6.45, 7) is 6.31. The molecule has 28 heavy (non-hydrogen) atoms. The van der Waals surface area contributed by atoms with E-state index in [-0.39, 0.29) is 5.82 Å². The van der Waals surface area contributed by atoms with Crippen molar-refractivity contribution in [2.45, 2.75) is 38.6 Å². The third kappa shape index (κ3) is 7.40. The van der Waals surface area contributed by atoms with Crippen LogP contribution in [0.5, 0.6) is 0 Å². The monoisotopic (exact) mass is 390 g/mol. The summed E-state index contributed by atoms with van der Waals surface area (Å²) in [5.74, 6) is 2.24. The van der Waals surface area contributed by atoms with E-state index in [0.717, 1.165) is 76.1 Å². The van der Waals surface area contributed by atoms with E-state index >= 15 is 0 Å². The van der Waals surface area contributed by atoms with Crippen LogP contribution in [0.1, 0.15) is 37.7 Å². The summed E-state index contributed by atoms with van der Waals surface area (Å²) in [5.41, 5.74) is 0.796. The van der Waals surface area contributed by atoms with Crippen molar-refractivity contribution < 1.29 is 9.13 Å². The highest BCUT2D eigenvalue weighted by Gasteiger charge is 2.21. The molecule has 0 unspecified atom stereocenters. The van der Waals surface area contributed by atoms with Gasteiger partial charge >= 0.3 is 0 Å². The minimum atomic E-state index is -0.0981. The van der Waals surface area contributed by atoms with E-state index in [4.69, 9.17) is 4.74 Å². The maximum atomic E-state index is 13.8. The van der Waals surface area contributed by atoms with Crippen LogP contribution in [0.15, 0.2) is 29.3 Å². The second kappa shape index (κ2) is 11.4. The molecule has 0 spiro atoms. The average Bonchev–Trinajstić information content (AvgIpc) is 3.54. The number of halogens is 1. The van der Waals surface area contributed by atoms with Crippen molar-refractivity contribution in [1.29, 1.82) is 0 Å². The zero-order chi connectivity index (χ0) is 19.6. The third-order valence-electron chi connectivity index (χ3n) is 5.65. The Balaban J connectivity index is 1.25. The molecule has 0 amide bonds. The van der Waals surface area contributed by atoms with Crippen molar-refractivity contribution in [3.05, 3.63) is 35.6 Å². The van der Waals surface area contributed by atoms with Crippen molar-refractivity contribution >= 4 is 5.96 Å². The van der Waals surface area contributed by atoms with Crippen molar-refractivity contribution in [1.82, 2.24) is 15.5 Å². The minimum Gasteiger partial charge on any atom is -0.381 e. The van der Waals surface area contributed by atoms with Crippen LogP contribution in [0.25, 0.3) is 0 Å². The lowest BCUT2D eigenvalue weighted by Gasteiger charge is -2.32. The lowest BCUT2D eigenvalue weighted by molar-refractivity contribution is 0.123. The van der Waals surface area contributed by atoms with E-state index in [1.165, 1.54) is 12.8 Å². The van der Waals surface area contributed by atoms with Crippen LogP contribution < -0.4 is 10.6 Å². The van der Waals surface area contributed by atoms with Gasteiger partial charge in [-0.2, -0.15) is 0 Å². The van der Waals surface area contributed by atoms with Gasteiger partial charge in [-0.05, 0) is 63.1 Å². The van der Waals surface area contributed by atoms with E-state index in [1.54, 1.807) is 12.1 Å². The van der Waals surface area contributed by atoms with E-state index in [1.807, 2.05) is 19.2 Å². The number of piperidine rings is 1. The molecule has 0 aromatic heterocycles. The molecule has 1 saturated heterocycles. The van der Waals surface area contributed by atoms with Crippen LogP contribution in [0.4, 0.5) is 4.39 Å². The molecule has 1 heterocycles. The molecular formula is C22H35FN4O. The van der Waals surface area contributed by atoms with Gasteiger partial charge in [-0.1, -0.05) is 18.2 Å². The predicted octanol–water partition coefficient (Wildman–Crippen LogP) is 3.02. The highest BCUT2D eigenvalue weighted by atomic mass is 19.1. The Kier molecular flexibility index (Phi) is 8.55. The van der Waals surface area contributed by atoms with Crippen LogP contribution >= 0.6 is 0 Å². The lowest BCUT2D eigenvalue weighted by atomic mass is 9.96. The summed E-state index contributed by atoms with van der Waals surface area (Å²) in [6, 6.07) is 7.09. The number of rotatable bonds is 10. The fourth-order valence-electron chi connectivity index (χ4n) is 3.59. The van der Waals surface area contributed by atoms with Crippen LogP contribution in [-0.2, 0) is 11.3 Å². The molecule has 1 aromatic rings. The lowest BCUT2D eigenvalue weighted by Crippen LogP contribution is -2.43. The van der Waals surface area contributed by atoms with Gasteiger partial charge in [0.25, 0.3) is 0 Å². The molecule has 2 fully saturated rings. The Morgan fingerprint density at radius 1 is 1.14 bits per heavy atom. The van der Waals surface area contributed by atoms with Crippen molar-refractivity contribution in [2.75, 3.05) is 46.4 Å². The summed E-state index contributed by atoms with van der Waals surface area (Å²) in [5, 5.41) is 6.82. The molecular weight excluding hydrogens is 355 g/mol. The molecule has 5 nitrogen and oxygen atoms in total. The predicted molar refractivity (Wildman–Crippen MR) is 112 cm³/mol. The summed E-state index contributed by atoms with van der Waals surface area (Å²) in [6.07, 6.45) is 5.95. The van der Waals surface area contributed by atoms with E-state index in [2.05, 4.69) is 20.5 Å². The second-order valence-electron chi connectivity index (χ2n) is 8.06. The van der Waals surface area contributed by atoms with Gasteiger partial charge in [-0.25, -0.2) is 4.39 Å². The fourth-order valence-corrected chi connectivity index (χ4v) is 3.59. The van der Waals surface area contributed by atoms with Crippen LogP contribution in [0.2, 0.25) is 0 Å². The Morgan fingerprint density at radius 2 is 1.93 bits per heavy atom. The summed E-state index contributed by atoms with van der Waals surface area (Å²) in [4.78, 5) is 6.66. The van der Waals surface area contributed by atoms with Gasteiger partial charge in [-0.3, -0.25) is 9.89 Å². The number of hydrogen-bond acceptors (Lipinski definition) is 3. The number of guanidine groups is 1. The number of benzene rings is 1. The highest BCUT2D eigenvalue weighted by molar-refractivity contribution is 5.79. The molecule has 0 radical (unpaired) electrons. The SMILES string of the molecule is CN=C(NCCCOCC1CC1)NCC1CCN(Cc2ccccc2F)CC1. The van der Waals surface area contributed by atoms with Crippen LogP contribution in [0.3, 0.4) is 0 Å². The average molecular weight is 391 g/mol. The van der Waals surface area contributed by atoms with E-state index in [9.17, 15) is 4.39 Å². The highest BCUT2D eigenvalue weighted by Crippen LogP contribution is 2.28. The second-order valence-corrected chi connectivity index (χ2v) is 8.06. The number of likely N-dealkylation sites (tertiary alicyclic amines) is 1. The summed E-state index contributed by atoms with van der Waals surface area (Å²) < 4.78 is 19.5. The van der Waals surface area contributed by atoms with Crippen molar-refractivity contribution in [2.24, 2.45) is 16.8 Å². The number of aliphatic imine (C=N–C) groups is 1. The van der Waals surface area contributed by atoms with Gasteiger partial charge in [0.05, 0.1) is 0 Å². The van der Waals surface area contributed by atoms with E-state index in [0.29, 0.717) is 12.5 Å². The first-order valence-electron chi connectivity index (χ1n) is 10.7. The molecule has 6 heteroatoms. The van der Waals surface area contributed by atoms with Gasteiger partial charge in [-0.15, -0.1) is 0 Å². The zero-order valence-electron chi connectivity index (χ0n) is 17.1. The molecule has 0 bridgehead atoms. The Hall–Kier alpha value is -1.66. The zero-order valence-corrected chi connectivity index (χ0v) is 17.1. The van der Waals surface area contributed by atoms with Crippen molar-refractivity contribution in [3.63, 3.8) is 0 Å². The molecule has 1 aliphatic carbocycles. The molecule has 0 atom stereocenters. The largest absolute Gasteiger partial charge is 0.381 e. The maximum Gasteiger partial charge on any atom is 0.190 e. The minimum absolute atomic E-state index is 0.0981. The molecule has 2 N–H and O–H groups in total. The van der Waals surface area contributed by atoms with Crippen LogP contribution in [-0.4, -0.2) is 57.3 Å². The van der Waals surface area contributed by atoms with Crippen LogP contribution in [0, 0.1) is 17.7 Å². The molecule has 3 rings (SSSR count). The maximum absolute atomic E-state index is 13.8. The number of nitrogens with one attached hydrogen (secondary N) is 2. The molecule has 1 aromatic carbocycles. The van der Waals surface area contributed by atoms with Gasteiger partial charge in [0.2, 0.25) is 0 Å². The van der Waals surface area contributed by atoms with Crippen molar-refractivity contribution in [3.8, 4) is 0 Å². The summed E-state index contributed by atoms with van der Waals surface area (Å²) >= 11 is 0. The topological polar surface area (TPSA) is 48.9 Å². The number of nitrogens with zero attached hydrogens (tertiary/aromatic N) is 2. The van der Waals surface area contributed by atoms with E-state index < -0.39 is 0 Å². The Bertz CT molecular complexity index is 612. The third-order valence-corrected chi connectivity index (χ3v) is 5.65. The van der Waals surface area contributed by atoms with Gasteiger partial charge in [0.15, 0.2) is 5.96 Å². The van der Waals surface area contributed by atoms with Gasteiger partial charge in [0, 0.05) is 45.5 Å². The smallest absolute Gasteiger partial charge is 0.190 e. The van der Waals surface area contributed by atoms with Gasteiger partial charge < -0.3 is 15.4 Å². The Labute approximate surface area is 168 Å². The molecule has 1 aliphatic heterocycles. The quantitative estimate of drug-likeness (QED) is 0.366. The molecule has 2 aliphatic rings. The summed E-state index contributed by atoms with van der Waals surface area (Å²) in [7, 11) is 1.82. The molecule has 1 saturated carbocycles. The van der Waals surface area contributed by atoms with Gasteiger partial charge in [0.1, 0.15) is 5.82 Å². The Morgan fingerprint density at radius 3 is 2.64 bits per heavy atom. The standard InChI is InChI=1S/C22H35FN4O/c1-24-22(25-11-4-14-28-17-19-7-8-19)26-15-18-9-12-27(13-10-18)16-20-5-2-3-6-21(20)23/h2-3,5-6,18-19H,4,7-17H2,1H3,(H2,24,25,26). The first-order valence-corrected chi connectivity index (χ1v) is 10.7. The first kappa shape index (κ1) is 21.1.